The van der Waals surface area contributed by atoms with Crippen molar-refractivity contribution in [3.05, 3.63) is 70.5 Å². The van der Waals surface area contributed by atoms with Crippen LogP contribution in [-0.2, 0) is 6.54 Å². The number of rotatable bonds is 6. The smallest absolute Gasteiger partial charge is 0.263 e. The quantitative estimate of drug-likeness (QED) is 0.449. The summed E-state index contributed by atoms with van der Waals surface area (Å²) in [6.07, 6.45) is 0. The number of hydrogen-bond acceptors (Lipinski definition) is 5. The van der Waals surface area contributed by atoms with Crippen LogP contribution in [0, 0.1) is 0 Å². The number of pyridine rings is 1. The lowest BCUT2D eigenvalue weighted by Gasteiger charge is -2.18. The van der Waals surface area contributed by atoms with Gasteiger partial charge >= 0.3 is 0 Å². The normalized spacial score (nSPS) is 10.9. The Morgan fingerprint density at radius 2 is 1.40 bits per heavy atom. The average molecular weight is 405 g/mol. The molecule has 4 aromatic rings. The first-order chi connectivity index (χ1) is 14.6. The predicted molar refractivity (Wildman–Crippen MR) is 117 cm³/mol. The summed E-state index contributed by atoms with van der Waals surface area (Å²) in [5.41, 5.74) is 1.60. The van der Waals surface area contributed by atoms with E-state index in [1.54, 1.807) is 32.0 Å². The second-order valence-electron chi connectivity index (χ2n) is 6.82. The third-order valence-electron chi connectivity index (χ3n) is 5.27. The fraction of sp³-hybridized carbons (Fsp3) is 0.208. The number of fused-ring (bicyclic) bond motifs is 3. The van der Waals surface area contributed by atoms with Gasteiger partial charge in [0.2, 0.25) is 0 Å². The van der Waals surface area contributed by atoms with Crippen LogP contribution in [0.4, 0.5) is 0 Å². The summed E-state index contributed by atoms with van der Waals surface area (Å²) in [5.74, 6) is 2.07. The van der Waals surface area contributed by atoms with E-state index < -0.39 is 0 Å². The van der Waals surface area contributed by atoms with Crippen LogP contribution in [0.1, 0.15) is 5.56 Å². The Bertz CT molecular complexity index is 1280. The van der Waals surface area contributed by atoms with E-state index in [1.165, 1.54) is 7.11 Å². The second-order valence-corrected chi connectivity index (χ2v) is 6.82. The van der Waals surface area contributed by atoms with Crippen molar-refractivity contribution in [2.75, 3.05) is 28.4 Å². The van der Waals surface area contributed by atoms with Crippen LogP contribution in [0.25, 0.3) is 21.7 Å². The molecule has 0 unspecified atom stereocenters. The fourth-order valence-electron chi connectivity index (χ4n) is 3.84. The van der Waals surface area contributed by atoms with Gasteiger partial charge in [-0.15, -0.1) is 0 Å². The van der Waals surface area contributed by atoms with E-state index in [2.05, 4.69) is 0 Å². The van der Waals surface area contributed by atoms with Gasteiger partial charge < -0.3 is 23.5 Å². The largest absolute Gasteiger partial charge is 0.493 e. The number of nitrogens with zero attached hydrogens (tertiary/aromatic N) is 1. The maximum absolute atomic E-state index is 13.7. The van der Waals surface area contributed by atoms with Gasteiger partial charge in [0.05, 0.1) is 45.9 Å². The lowest BCUT2D eigenvalue weighted by Crippen LogP contribution is -2.22. The minimum Gasteiger partial charge on any atom is -0.493 e. The summed E-state index contributed by atoms with van der Waals surface area (Å²) in [4.78, 5) is 13.7. The highest BCUT2D eigenvalue weighted by molar-refractivity contribution is 6.09. The molecule has 0 atom stereocenters. The minimum absolute atomic E-state index is 0.163. The summed E-state index contributed by atoms with van der Waals surface area (Å²) < 4.78 is 23.8. The molecule has 3 aromatic carbocycles. The zero-order valence-electron chi connectivity index (χ0n) is 17.4. The SMILES string of the molecule is COc1cc2c3ccc(OC)c(OC)c3c(=O)n(Cc3ccccc3)c2cc1OC. The molecule has 0 aliphatic heterocycles. The van der Waals surface area contributed by atoms with Gasteiger partial charge in [-0.25, -0.2) is 0 Å². The van der Waals surface area contributed by atoms with E-state index in [0.29, 0.717) is 34.9 Å². The first-order valence-electron chi connectivity index (χ1n) is 9.50. The summed E-state index contributed by atoms with van der Waals surface area (Å²) in [7, 11) is 6.27. The molecule has 1 heterocycles. The molecule has 0 radical (unpaired) electrons. The molecule has 4 rings (SSSR count). The molecule has 6 heteroatoms. The Hall–Kier alpha value is -3.67. The highest BCUT2D eigenvalue weighted by atomic mass is 16.5. The van der Waals surface area contributed by atoms with Gasteiger partial charge in [0, 0.05) is 16.8 Å². The Morgan fingerprint density at radius 1 is 0.733 bits per heavy atom. The van der Waals surface area contributed by atoms with E-state index in [1.807, 2.05) is 48.5 Å². The standard InChI is InChI=1S/C24H23NO5/c1-27-19-11-10-16-17-12-20(28-2)21(29-3)13-18(17)25(14-15-8-6-5-7-9-15)24(26)22(16)23(19)30-4/h5-13H,14H2,1-4H3. The Morgan fingerprint density at radius 3 is 2.03 bits per heavy atom. The van der Waals surface area contributed by atoms with Crippen molar-refractivity contribution in [1.29, 1.82) is 0 Å². The summed E-state index contributed by atoms with van der Waals surface area (Å²) >= 11 is 0. The molecule has 0 fully saturated rings. The molecule has 6 nitrogen and oxygen atoms in total. The first-order valence-corrected chi connectivity index (χ1v) is 9.50. The minimum atomic E-state index is -0.163. The molecular weight excluding hydrogens is 382 g/mol. The highest BCUT2D eigenvalue weighted by Gasteiger charge is 2.20. The molecule has 0 aliphatic rings. The zero-order chi connectivity index (χ0) is 21.3. The Labute approximate surface area is 174 Å². The number of ether oxygens (including phenoxy) is 4. The molecule has 0 aliphatic carbocycles. The Kier molecular flexibility index (Phi) is 5.23. The van der Waals surface area contributed by atoms with Crippen molar-refractivity contribution in [1.82, 2.24) is 4.57 Å². The van der Waals surface area contributed by atoms with Crippen molar-refractivity contribution < 1.29 is 18.9 Å². The van der Waals surface area contributed by atoms with E-state index in [9.17, 15) is 4.79 Å². The predicted octanol–water partition coefficient (Wildman–Crippen LogP) is 4.24. The number of methoxy groups -OCH3 is 4. The summed E-state index contributed by atoms with van der Waals surface area (Å²) in [6.45, 7) is 0.405. The second kappa shape index (κ2) is 7.99. The zero-order valence-corrected chi connectivity index (χ0v) is 17.4. The Balaban J connectivity index is 2.17. The van der Waals surface area contributed by atoms with Crippen LogP contribution in [-0.4, -0.2) is 33.0 Å². The molecule has 30 heavy (non-hydrogen) atoms. The van der Waals surface area contributed by atoms with Gasteiger partial charge in [0.15, 0.2) is 23.0 Å². The van der Waals surface area contributed by atoms with Crippen LogP contribution < -0.4 is 24.5 Å². The molecule has 0 saturated heterocycles. The van der Waals surface area contributed by atoms with Gasteiger partial charge in [0.1, 0.15) is 0 Å². The molecule has 154 valence electrons. The van der Waals surface area contributed by atoms with Crippen molar-refractivity contribution >= 4 is 21.7 Å². The van der Waals surface area contributed by atoms with Gasteiger partial charge in [-0.05, 0) is 23.8 Å². The number of hydrogen-bond donors (Lipinski definition) is 0. The van der Waals surface area contributed by atoms with Crippen molar-refractivity contribution in [3.8, 4) is 23.0 Å². The number of benzene rings is 3. The maximum atomic E-state index is 13.7. The highest BCUT2D eigenvalue weighted by Crippen LogP contribution is 2.39. The van der Waals surface area contributed by atoms with Crippen molar-refractivity contribution in [2.45, 2.75) is 6.54 Å². The molecular formula is C24H23NO5. The molecule has 1 aromatic heterocycles. The molecule has 0 spiro atoms. The maximum Gasteiger partial charge on any atom is 0.263 e. The monoisotopic (exact) mass is 405 g/mol. The van der Waals surface area contributed by atoms with Crippen LogP contribution in [0.5, 0.6) is 23.0 Å². The average Bonchev–Trinajstić information content (AvgIpc) is 2.80. The fourth-order valence-corrected chi connectivity index (χ4v) is 3.84. The topological polar surface area (TPSA) is 58.9 Å². The molecule has 0 saturated carbocycles. The van der Waals surface area contributed by atoms with E-state index in [-0.39, 0.29) is 5.56 Å². The molecule has 0 amide bonds. The van der Waals surface area contributed by atoms with Gasteiger partial charge in [-0.3, -0.25) is 4.79 Å². The van der Waals surface area contributed by atoms with Crippen LogP contribution in [0.3, 0.4) is 0 Å². The molecule has 0 bridgehead atoms. The lowest BCUT2D eigenvalue weighted by molar-refractivity contribution is 0.355. The van der Waals surface area contributed by atoms with Crippen molar-refractivity contribution in [3.63, 3.8) is 0 Å². The van der Waals surface area contributed by atoms with E-state index in [0.717, 1.165) is 21.9 Å². The van der Waals surface area contributed by atoms with Gasteiger partial charge in [-0.1, -0.05) is 30.3 Å². The third-order valence-corrected chi connectivity index (χ3v) is 5.27. The molecule has 0 N–H and O–H groups in total. The first kappa shape index (κ1) is 19.6. The van der Waals surface area contributed by atoms with Crippen LogP contribution >= 0.6 is 0 Å². The van der Waals surface area contributed by atoms with Crippen molar-refractivity contribution in [2.24, 2.45) is 0 Å². The summed E-state index contributed by atoms with van der Waals surface area (Å²) in [6, 6.07) is 17.3. The van der Waals surface area contributed by atoms with Crippen LogP contribution in [0.2, 0.25) is 0 Å². The van der Waals surface area contributed by atoms with Gasteiger partial charge in [0.25, 0.3) is 5.56 Å². The number of aromatic nitrogens is 1. The lowest BCUT2D eigenvalue weighted by atomic mass is 10.0. The van der Waals surface area contributed by atoms with Gasteiger partial charge in [-0.2, -0.15) is 0 Å². The van der Waals surface area contributed by atoms with E-state index in [4.69, 9.17) is 18.9 Å². The van der Waals surface area contributed by atoms with E-state index >= 15 is 0 Å². The van der Waals surface area contributed by atoms with Crippen LogP contribution in [0.15, 0.2) is 59.4 Å². The third kappa shape index (κ3) is 3.10. The summed E-state index contributed by atoms with van der Waals surface area (Å²) in [5, 5.41) is 2.09.